The zero-order valence-electron chi connectivity index (χ0n) is 61.8. The van der Waals surface area contributed by atoms with Crippen LogP contribution < -0.4 is 16.0 Å². The molecule has 566 valence electrons. The summed E-state index contributed by atoms with van der Waals surface area (Å²) in [6.45, 7) is 10.4. The fraction of sp³-hybridized carbons (Fsp3) is 0.595. The Balaban J connectivity index is 1.48. The van der Waals surface area contributed by atoms with Crippen LogP contribution in [0, 0.1) is 18.8 Å². The van der Waals surface area contributed by atoms with E-state index in [1.54, 1.807) is 75.9 Å². The van der Waals surface area contributed by atoms with Gasteiger partial charge in [-0.25, -0.2) is 0 Å². The number of halogens is 5. The minimum atomic E-state index is -4.80. The maximum absolute atomic E-state index is 15.7. The van der Waals surface area contributed by atoms with Crippen LogP contribution in [0.1, 0.15) is 134 Å². The van der Waals surface area contributed by atoms with E-state index in [2.05, 4.69) is 16.0 Å². The Kier molecular flexibility index (Phi) is 29.9. The second-order valence-corrected chi connectivity index (χ2v) is 29.1. The summed E-state index contributed by atoms with van der Waals surface area (Å²) in [5.74, 6) is -9.98. The number of aryl methyl sites for hydroxylation is 2. The summed E-state index contributed by atoms with van der Waals surface area (Å²) in [6.07, 6.45) is -2.64. The first-order chi connectivity index (χ1) is 48.4. The molecule has 3 aliphatic rings. The van der Waals surface area contributed by atoms with E-state index in [0.717, 1.165) is 53.5 Å². The Labute approximate surface area is 612 Å². The number of amides is 12. The molecule has 0 bridgehead atoms. The summed E-state index contributed by atoms with van der Waals surface area (Å²) in [7, 11) is 9.49. The lowest BCUT2D eigenvalue weighted by atomic mass is 9.91. The van der Waals surface area contributed by atoms with Gasteiger partial charge in [-0.3, -0.25) is 57.5 Å². The number of carbonyl (C=O) groups is 12. The molecule has 1 spiro atoms. The molecule has 3 aromatic rings. The van der Waals surface area contributed by atoms with Crippen molar-refractivity contribution in [3.05, 3.63) is 105 Å². The lowest BCUT2D eigenvalue weighted by molar-refractivity contribution is -0.156. The standard InChI is InChI=1S/C74H103Cl2F3N12O12/c1-15-47(6)63-70(101)85(10)43-61(94)83(8)44-62(95)87(12)57(39-50-28-26-46(5)27-29-50)68(99)84(9)42-59(92)80-55(33-31-49-30-32-52(54(76)38-49)74(77,78)79)67(98)91(16-2)56(40-51-24-18-19-25-53(51)75)66(97)82-73(34-20-21-35-73)72(103)89(14)64(45(3)4)71(102)88(13)58(69(100)90-36-22-17-23-37-90)41-60(93)86(11)48(7)65(96)81-63/h18-19,24-30,32,38,45,47-48,55-58,63-64H,15-17,20-23,31,33-37,39-44H2,1-14H3,(H,80,92)(H,81,96)(H,82,97)/t47-,48-,55-,56-,57-,58-,63-,64-/m0/s1. The number of likely N-dealkylation sites (N-methyl/N-ethyl adjacent to an activating group) is 8. The second kappa shape index (κ2) is 36.9. The van der Waals surface area contributed by atoms with Gasteiger partial charge < -0.3 is 60.0 Å². The van der Waals surface area contributed by atoms with Crippen LogP contribution >= 0.6 is 23.2 Å². The molecule has 103 heavy (non-hydrogen) atoms. The number of nitrogens with zero attached hydrogens (tertiary/aromatic N) is 9. The third-order valence-corrected chi connectivity index (χ3v) is 21.2. The molecular formula is C74H103Cl2F3N12O12. The van der Waals surface area contributed by atoms with Crippen LogP contribution in [-0.4, -0.2) is 251 Å². The van der Waals surface area contributed by atoms with E-state index in [-0.39, 0.29) is 55.7 Å². The second-order valence-electron chi connectivity index (χ2n) is 28.2. The lowest BCUT2D eigenvalue weighted by Crippen LogP contribution is -2.65. The van der Waals surface area contributed by atoms with Crippen LogP contribution in [0.15, 0.2) is 66.7 Å². The number of benzene rings is 3. The molecule has 0 aromatic heterocycles. The number of piperidine rings is 1. The zero-order valence-corrected chi connectivity index (χ0v) is 63.3. The van der Waals surface area contributed by atoms with Crippen molar-refractivity contribution in [3.63, 3.8) is 0 Å². The highest BCUT2D eigenvalue weighted by Gasteiger charge is 2.50. The first-order valence-electron chi connectivity index (χ1n) is 35.3. The van der Waals surface area contributed by atoms with Crippen molar-refractivity contribution in [3.8, 4) is 0 Å². The first-order valence-corrected chi connectivity index (χ1v) is 36.1. The first kappa shape index (κ1) is 83.6. The van der Waals surface area contributed by atoms with Gasteiger partial charge in [0.2, 0.25) is 70.9 Å². The van der Waals surface area contributed by atoms with Gasteiger partial charge in [-0.2, -0.15) is 13.2 Å². The van der Waals surface area contributed by atoms with E-state index in [1.807, 2.05) is 19.1 Å². The molecule has 29 heteroatoms. The van der Waals surface area contributed by atoms with Crippen molar-refractivity contribution in [1.82, 2.24) is 60.0 Å². The quantitative estimate of drug-likeness (QED) is 0.184. The molecule has 0 unspecified atom stereocenters. The number of alkyl halides is 3. The largest absolute Gasteiger partial charge is 0.417 e. The van der Waals surface area contributed by atoms with E-state index in [4.69, 9.17) is 23.2 Å². The summed E-state index contributed by atoms with van der Waals surface area (Å²) in [6, 6.07) is 7.10. The molecule has 1 aliphatic carbocycles. The molecule has 0 radical (unpaired) electrons. The fourth-order valence-corrected chi connectivity index (χ4v) is 14.1. The maximum atomic E-state index is 15.7. The number of rotatable bonds is 12. The molecule has 2 aliphatic heterocycles. The molecule has 12 amide bonds. The zero-order chi connectivity index (χ0) is 76.7. The highest BCUT2D eigenvalue weighted by molar-refractivity contribution is 6.31. The van der Waals surface area contributed by atoms with Crippen molar-refractivity contribution in [2.75, 3.05) is 88.6 Å². The van der Waals surface area contributed by atoms with Crippen molar-refractivity contribution in [1.29, 1.82) is 0 Å². The van der Waals surface area contributed by atoms with Crippen molar-refractivity contribution in [2.24, 2.45) is 11.8 Å². The van der Waals surface area contributed by atoms with Gasteiger partial charge in [0.15, 0.2) is 0 Å². The minimum absolute atomic E-state index is 0.0778. The highest BCUT2D eigenvalue weighted by atomic mass is 35.5. The van der Waals surface area contributed by atoms with Gasteiger partial charge in [-0.15, -0.1) is 0 Å². The smallest absolute Gasteiger partial charge is 0.343 e. The molecule has 2 heterocycles. The van der Waals surface area contributed by atoms with Gasteiger partial charge in [0.1, 0.15) is 47.8 Å². The van der Waals surface area contributed by atoms with Crippen molar-refractivity contribution in [2.45, 2.75) is 186 Å². The molecule has 6 rings (SSSR count). The summed E-state index contributed by atoms with van der Waals surface area (Å²) >= 11 is 13.0. The van der Waals surface area contributed by atoms with Crippen LogP contribution in [0.3, 0.4) is 0 Å². The predicted octanol–water partition coefficient (Wildman–Crippen LogP) is 6.18. The van der Waals surface area contributed by atoms with Crippen LogP contribution in [0.4, 0.5) is 13.2 Å². The van der Waals surface area contributed by atoms with Crippen molar-refractivity contribution >= 4 is 94.1 Å². The average Bonchev–Trinajstić information content (AvgIpc) is 1.76. The van der Waals surface area contributed by atoms with E-state index in [9.17, 15) is 51.5 Å². The van der Waals surface area contributed by atoms with E-state index in [1.165, 1.54) is 72.1 Å². The molecule has 3 aromatic carbocycles. The predicted molar refractivity (Wildman–Crippen MR) is 383 cm³/mol. The number of likely N-dealkylation sites (tertiary alicyclic amines) is 1. The molecule has 24 nitrogen and oxygen atoms in total. The molecule has 1 saturated carbocycles. The topological polar surface area (TPSA) is 270 Å². The van der Waals surface area contributed by atoms with Crippen LogP contribution in [0.2, 0.25) is 10.0 Å². The summed E-state index contributed by atoms with van der Waals surface area (Å²) in [5.41, 5.74) is -0.660. The Morgan fingerprint density at radius 1 is 0.621 bits per heavy atom. The molecule has 3 N–H and O–H groups in total. The minimum Gasteiger partial charge on any atom is -0.343 e. The molecule has 8 atom stereocenters. The fourth-order valence-electron chi connectivity index (χ4n) is 13.6. The van der Waals surface area contributed by atoms with Gasteiger partial charge >= 0.3 is 6.18 Å². The summed E-state index contributed by atoms with van der Waals surface area (Å²) in [4.78, 5) is 190. The third-order valence-electron chi connectivity index (χ3n) is 20.5. The normalized spacial score (nSPS) is 23.7. The monoisotopic (exact) mass is 1480 g/mol. The van der Waals surface area contributed by atoms with Crippen molar-refractivity contribution < 1.29 is 70.7 Å². The third kappa shape index (κ3) is 21.2. The number of hydrogen-bond donors (Lipinski definition) is 3. The van der Waals surface area contributed by atoms with Crippen LogP contribution in [0.5, 0.6) is 0 Å². The highest BCUT2D eigenvalue weighted by Crippen LogP contribution is 2.37. The Hall–Kier alpha value is -8.33. The summed E-state index contributed by atoms with van der Waals surface area (Å²) in [5, 5.41) is 8.16. The molecule has 2 saturated heterocycles. The Morgan fingerprint density at radius 3 is 1.81 bits per heavy atom. The Morgan fingerprint density at radius 2 is 1.22 bits per heavy atom. The van der Waals surface area contributed by atoms with Gasteiger partial charge in [0.05, 0.1) is 36.6 Å². The van der Waals surface area contributed by atoms with Crippen LogP contribution in [0.25, 0.3) is 0 Å². The van der Waals surface area contributed by atoms with Gasteiger partial charge in [-0.1, -0.05) is 124 Å². The SMILES string of the molecule is CC[C@H](C)[C@@H]1NC(=O)[C@H](C)N(C)C(=O)C[C@@H](C(=O)N2CCCCC2)N(C)C(=O)[C@H](C(C)C)N(C)C(=O)C2(CCCC2)NC(=O)[C@H](Cc2ccccc2Cl)N(CC)C(=O)[C@H](CCc2ccc(C(F)(F)F)c(Cl)c2)NC(=O)CN(C)C(=O)[C@H](Cc2ccc(C)cc2)N(C)C(=O)CN(C)C(=O)CN(C)C1=O. The summed E-state index contributed by atoms with van der Waals surface area (Å²) < 4.78 is 42.0. The maximum Gasteiger partial charge on any atom is 0.417 e. The van der Waals surface area contributed by atoms with E-state index < -0.39 is 173 Å². The van der Waals surface area contributed by atoms with Gasteiger partial charge in [-0.05, 0) is 112 Å². The molecule has 3 fully saturated rings. The molecular weight excluding hydrogens is 1380 g/mol. The average molecular weight is 1480 g/mol. The number of hydrogen-bond acceptors (Lipinski definition) is 12. The number of nitrogens with one attached hydrogen (secondary N) is 3. The van der Waals surface area contributed by atoms with Gasteiger partial charge in [0, 0.05) is 86.8 Å². The Bertz CT molecular complexity index is 3570. The van der Waals surface area contributed by atoms with E-state index >= 15 is 19.2 Å². The van der Waals surface area contributed by atoms with E-state index in [0.29, 0.717) is 56.3 Å². The lowest BCUT2D eigenvalue weighted by Gasteiger charge is -2.42. The number of carbonyl (C=O) groups excluding carboxylic acids is 12. The van der Waals surface area contributed by atoms with Crippen LogP contribution in [-0.2, 0) is 83.0 Å². The van der Waals surface area contributed by atoms with Gasteiger partial charge in [0.25, 0.3) is 0 Å².